The summed E-state index contributed by atoms with van der Waals surface area (Å²) in [5, 5.41) is 9.92. The molecular formula is C19H24N2O3. The van der Waals surface area contributed by atoms with E-state index in [-0.39, 0.29) is 5.91 Å². The van der Waals surface area contributed by atoms with Crippen LogP contribution in [0.2, 0.25) is 0 Å². The third-order valence-electron chi connectivity index (χ3n) is 4.50. The lowest BCUT2D eigenvalue weighted by atomic mass is 10.1. The van der Waals surface area contributed by atoms with Gasteiger partial charge in [-0.3, -0.25) is 4.79 Å². The molecule has 3 rings (SSSR count). The summed E-state index contributed by atoms with van der Waals surface area (Å²) in [5.74, 6) is 1.67. The standard InChI is InChI=1S/C19H24N2O3/c1-13-3-5-15(6-4-13)17-11-20-18(24-17)9-10-19(23)21(2)12-16(22)14-7-8-14/h3-6,11,14,16,22H,7-10,12H2,1-2H3. The highest BCUT2D eigenvalue weighted by Gasteiger charge is 2.31. The van der Waals surface area contributed by atoms with Crippen molar-refractivity contribution < 1.29 is 14.3 Å². The summed E-state index contributed by atoms with van der Waals surface area (Å²) >= 11 is 0. The number of rotatable bonds is 7. The summed E-state index contributed by atoms with van der Waals surface area (Å²) in [6.45, 7) is 2.45. The van der Waals surface area contributed by atoms with Crippen LogP contribution < -0.4 is 0 Å². The van der Waals surface area contributed by atoms with Crippen LogP contribution in [-0.4, -0.2) is 40.6 Å². The summed E-state index contributed by atoms with van der Waals surface area (Å²) in [4.78, 5) is 18.0. The first-order valence-corrected chi connectivity index (χ1v) is 8.46. The predicted octanol–water partition coefficient (Wildman–Crippen LogP) is 2.81. The summed E-state index contributed by atoms with van der Waals surface area (Å²) in [5.41, 5.74) is 2.18. The molecular weight excluding hydrogens is 304 g/mol. The summed E-state index contributed by atoms with van der Waals surface area (Å²) < 4.78 is 5.74. The minimum atomic E-state index is -0.395. The van der Waals surface area contributed by atoms with Gasteiger partial charge < -0.3 is 14.4 Å². The number of carbonyl (C=O) groups is 1. The Morgan fingerprint density at radius 1 is 1.38 bits per heavy atom. The smallest absolute Gasteiger partial charge is 0.222 e. The molecule has 1 saturated carbocycles. The number of aliphatic hydroxyl groups is 1. The van der Waals surface area contributed by atoms with Crippen molar-refractivity contribution in [1.29, 1.82) is 0 Å². The Hall–Kier alpha value is -2.14. The van der Waals surface area contributed by atoms with Crippen molar-refractivity contribution in [2.45, 2.75) is 38.7 Å². The van der Waals surface area contributed by atoms with E-state index in [1.807, 2.05) is 31.2 Å². The topological polar surface area (TPSA) is 66.6 Å². The van der Waals surface area contributed by atoms with Crippen LogP contribution in [0.15, 0.2) is 34.9 Å². The molecule has 1 N–H and O–H groups in total. The van der Waals surface area contributed by atoms with E-state index in [0.717, 1.165) is 24.2 Å². The minimum absolute atomic E-state index is 0.00443. The number of aryl methyl sites for hydroxylation is 2. The molecule has 5 nitrogen and oxygen atoms in total. The highest BCUT2D eigenvalue weighted by molar-refractivity contribution is 5.76. The zero-order valence-electron chi connectivity index (χ0n) is 14.2. The molecule has 1 aromatic heterocycles. The van der Waals surface area contributed by atoms with E-state index >= 15 is 0 Å². The molecule has 1 aromatic carbocycles. The van der Waals surface area contributed by atoms with Crippen molar-refractivity contribution >= 4 is 5.91 Å². The molecule has 0 aliphatic heterocycles. The third-order valence-corrected chi connectivity index (χ3v) is 4.50. The Kier molecular flexibility index (Phi) is 5.00. The molecule has 1 atom stereocenters. The Morgan fingerprint density at radius 3 is 2.75 bits per heavy atom. The molecule has 2 aromatic rings. The van der Waals surface area contributed by atoms with Crippen LogP contribution in [0.5, 0.6) is 0 Å². The summed E-state index contributed by atoms with van der Waals surface area (Å²) in [6.07, 6.45) is 4.25. The van der Waals surface area contributed by atoms with Gasteiger partial charge in [0.1, 0.15) is 0 Å². The molecule has 1 heterocycles. The van der Waals surface area contributed by atoms with Crippen molar-refractivity contribution in [2.75, 3.05) is 13.6 Å². The van der Waals surface area contributed by atoms with E-state index in [1.165, 1.54) is 5.56 Å². The lowest BCUT2D eigenvalue weighted by Gasteiger charge is -2.20. The first-order valence-electron chi connectivity index (χ1n) is 8.46. The van der Waals surface area contributed by atoms with Gasteiger partial charge in [-0.2, -0.15) is 0 Å². The molecule has 0 bridgehead atoms. The monoisotopic (exact) mass is 328 g/mol. The molecule has 1 aliphatic rings. The second-order valence-electron chi connectivity index (χ2n) is 6.66. The normalized spacial score (nSPS) is 15.3. The van der Waals surface area contributed by atoms with Crippen LogP contribution in [0.4, 0.5) is 0 Å². The predicted molar refractivity (Wildman–Crippen MR) is 91.4 cm³/mol. The lowest BCUT2D eigenvalue weighted by molar-refractivity contribution is -0.131. The number of likely N-dealkylation sites (N-methyl/N-ethyl adjacent to an activating group) is 1. The Labute approximate surface area is 142 Å². The van der Waals surface area contributed by atoms with Crippen LogP contribution in [0, 0.1) is 12.8 Å². The number of amides is 1. The van der Waals surface area contributed by atoms with Gasteiger partial charge in [0.2, 0.25) is 5.91 Å². The lowest BCUT2D eigenvalue weighted by Crippen LogP contribution is -2.35. The molecule has 0 saturated heterocycles. The fourth-order valence-corrected chi connectivity index (χ4v) is 2.69. The first-order chi connectivity index (χ1) is 11.5. The number of hydrogen-bond donors (Lipinski definition) is 1. The SMILES string of the molecule is Cc1ccc(-c2cnc(CCC(=O)N(C)CC(O)C3CC3)o2)cc1. The quantitative estimate of drug-likeness (QED) is 0.849. The average molecular weight is 328 g/mol. The van der Waals surface area contributed by atoms with E-state index in [2.05, 4.69) is 4.98 Å². The zero-order valence-corrected chi connectivity index (χ0v) is 14.2. The maximum atomic E-state index is 12.2. The Bertz CT molecular complexity index is 689. The van der Waals surface area contributed by atoms with Crippen LogP contribution >= 0.6 is 0 Å². The van der Waals surface area contributed by atoms with Gasteiger partial charge in [-0.05, 0) is 25.7 Å². The largest absolute Gasteiger partial charge is 0.441 e. The van der Waals surface area contributed by atoms with Gasteiger partial charge in [0.05, 0.1) is 12.3 Å². The zero-order chi connectivity index (χ0) is 17.1. The number of aromatic nitrogens is 1. The van der Waals surface area contributed by atoms with Gasteiger partial charge in [0.25, 0.3) is 0 Å². The van der Waals surface area contributed by atoms with Crippen molar-refractivity contribution in [3.63, 3.8) is 0 Å². The summed E-state index contributed by atoms with van der Waals surface area (Å²) in [7, 11) is 1.74. The van der Waals surface area contributed by atoms with Crippen molar-refractivity contribution in [3.05, 3.63) is 41.9 Å². The van der Waals surface area contributed by atoms with Gasteiger partial charge in [0, 0.05) is 32.0 Å². The van der Waals surface area contributed by atoms with Gasteiger partial charge in [-0.1, -0.05) is 29.8 Å². The Morgan fingerprint density at radius 2 is 2.08 bits per heavy atom. The third kappa shape index (κ3) is 4.23. The number of hydrogen-bond acceptors (Lipinski definition) is 4. The highest BCUT2D eigenvalue weighted by Crippen LogP contribution is 2.32. The fraction of sp³-hybridized carbons (Fsp3) is 0.474. The van der Waals surface area contributed by atoms with E-state index in [1.54, 1.807) is 18.1 Å². The fourth-order valence-electron chi connectivity index (χ4n) is 2.69. The van der Waals surface area contributed by atoms with Crippen molar-refractivity contribution in [2.24, 2.45) is 5.92 Å². The second-order valence-corrected chi connectivity index (χ2v) is 6.66. The van der Waals surface area contributed by atoms with Crippen LogP contribution in [0.25, 0.3) is 11.3 Å². The molecule has 1 fully saturated rings. The second kappa shape index (κ2) is 7.18. The maximum absolute atomic E-state index is 12.2. The van der Waals surface area contributed by atoms with E-state index in [4.69, 9.17) is 4.42 Å². The number of carbonyl (C=O) groups excluding carboxylic acids is 1. The van der Waals surface area contributed by atoms with E-state index in [9.17, 15) is 9.90 Å². The van der Waals surface area contributed by atoms with Crippen molar-refractivity contribution in [1.82, 2.24) is 9.88 Å². The number of benzene rings is 1. The minimum Gasteiger partial charge on any atom is -0.441 e. The number of aliphatic hydroxyl groups excluding tert-OH is 1. The van der Waals surface area contributed by atoms with Crippen LogP contribution in [-0.2, 0) is 11.2 Å². The highest BCUT2D eigenvalue weighted by atomic mass is 16.4. The number of oxazole rings is 1. The van der Waals surface area contributed by atoms with Crippen LogP contribution in [0.3, 0.4) is 0 Å². The summed E-state index contributed by atoms with van der Waals surface area (Å²) in [6, 6.07) is 8.05. The molecule has 0 radical (unpaired) electrons. The van der Waals surface area contributed by atoms with Crippen molar-refractivity contribution in [3.8, 4) is 11.3 Å². The van der Waals surface area contributed by atoms with Gasteiger partial charge >= 0.3 is 0 Å². The molecule has 5 heteroatoms. The molecule has 1 aliphatic carbocycles. The van der Waals surface area contributed by atoms with Gasteiger partial charge in [-0.15, -0.1) is 0 Å². The van der Waals surface area contributed by atoms with Crippen LogP contribution in [0.1, 0.15) is 30.7 Å². The average Bonchev–Trinajstić information content (AvgIpc) is 3.32. The first kappa shape index (κ1) is 16.7. The van der Waals surface area contributed by atoms with Gasteiger partial charge in [0.15, 0.2) is 11.7 Å². The van der Waals surface area contributed by atoms with E-state index in [0.29, 0.717) is 31.2 Å². The maximum Gasteiger partial charge on any atom is 0.222 e. The Balaban J connectivity index is 1.51. The number of nitrogens with zero attached hydrogens (tertiary/aromatic N) is 2. The molecule has 0 spiro atoms. The van der Waals surface area contributed by atoms with E-state index < -0.39 is 6.10 Å². The molecule has 1 unspecified atom stereocenters. The molecule has 128 valence electrons. The van der Waals surface area contributed by atoms with Gasteiger partial charge in [-0.25, -0.2) is 4.98 Å². The molecule has 24 heavy (non-hydrogen) atoms. The molecule has 1 amide bonds.